The SMILES string of the molecule is CCc1nsc(N2CCN(C(=NC)NCc3ccc(C)cc3)CC2)n1. The monoisotopic (exact) mass is 358 g/mol. The highest BCUT2D eigenvalue weighted by Crippen LogP contribution is 2.19. The predicted molar refractivity (Wildman–Crippen MR) is 104 cm³/mol. The van der Waals surface area contributed by atoms with E-state index in [1.54, 1.807) is 0 Å². The Morgan fingerprint density at radius 1 is 1.20 bits per heavy atom. The molecule has 7 heteroatoms. The minimum Gasteiger partial charge on any atom is -0.352 e. The van der Waals surface area contributed by atoms with E-state index in [0.29, 0.717) is 0 Å². The van der Waals surface area contributed by atoms with Crippen LogP contribution >= 0.6 is 11.5 Å². The van der Waals surface area contributed by atoms with Gasteiger partial charge in [-0.3, -0.25) is 4.99 Å². The van der Waals surface area contributed by atoms with E-state index in [4.69, 9.17) is 0 Å². The van der Waals surface area contributed by atoms with Crippen molar-refractivity contribution in [2.24, 2.45) is 4.99 Å². The van der Waals surface area contributed by atoms with Crippen molar-refractivity contribution >= 4 is 22.6 Å². The lowest BCUT2D eigenvalue weighted by atomic mass is 10.1. The minimum atomic E-state index is 0.795. The summed E-state index contributed by atoms with van der Waals surface area (Å²) in [5.41, 5.74) is 2.55. The summed E-state index contributed by atoms with van der Waals surface area (Å²) in [5, 5.41) is 4.52. The first-order valence-electron chi connectivity index (χ1n) is 8.78. The van der Waals surface area contributed by atoms with Crippen LogP contribution < -0.4 is 10.2 Å². The van der Waals surface area contributed by atoms with E-state index in [0.717, 1.165) is 56.1 Å². The number of aromatic nitrogens is 2. The minimum absolute atomic E-state index is 0.795. The highest BCUT2D eigenvalue weighted by atomic mass is 32.1. The van der Waals surface area contributed by atoms with Gasteiger partial charge in [0.05, 0.1) is 0 Å². The van der Waals surface area contributed by atoms with Crippen LogP contribution in [0.1, 0.15) is 23.9 Å². The van der Waals surface area contributed by atoms with Gasteiger partial charge in [-0.15, -0.1) is 0 Å². The molecular formula is C18H26N6S. The Kier molecular flexibility index (Phi) is 5.86. The molecule has 0 radical (unpaired) electrons. The van der Waals surface area contributed by atoms with Crippen molar-refractivity contribution < 1.29 is 0 Å². The summed E-state index contributed by atoms with van der Waals surface area (Å²) in [6.45, 7) is 8.77. The molecule has 0 atom stereocenters. The van der Waals surface area contributed by atoms with Crippen LogP contribution in [-0.4, -0.2) is 53.4 Å². The fourth-order valence-corrected chi connectivity index (χ4v) is 3.65. The molecule has 2 heterocycles. The second kappa shape index (κ2) is 8.29. The number of benzene rings is 1. The Morgan fingerprint density at radius 2 is 1.92 bits per heavy atom. The first kappa shape index (κ1) is 17.7. The topological polar surface area (TPSA) is 56.7 Å². The lowest BCUT2D eigenvalue weighted by molar-refractivity contribution is 0.372. The second-order valence-electron chi connectivity index (χ2n) is 6.21. The summed E-state index contributed by atoms with van der Waals surface area (Å²) in [7, 11) is 1.85. The summed E-state index contributed by atoms with van der Waals surface area (Å²) in [6.07, 6.45) is 0.895. The third-order valence-electron chi connectivity index (χ3n) is 4.41. The number of nitrogens with zero attached hydrogens (tertiary/aromatic N) is 5. The average Bonchev–Trinajstić information content (AvgIpc) is 3.13. The first-order chi connectivity index (χ1) is 12.2. The Bertz CT molecular complexity index is 701. The molecule has 1 aliphatic heterocycles. The lowest BCUT2D eigenvalue weighted by Crippen LogP contribution is -2.52. The standard InChI is InChI=1S/C18H26N6S/c1-4-16-21-18(25-22-16)24-11-9-23(10-12-24)17(19-3)20-13-15-7-5-14(2)6-8-15/h5-8H,4,9-13H2,1-3H3,(H,19,20). The van der Waals surface area contributed by atoms with Crippen LogP contribution in [0, 0.1) is 6.92 Å². The number of piperazine rings is 1. The normalized spacial score (nSPS) is 15.6. The molecule has 134 valence electrons. The lowest BCUT2D eigenvalue weighted by Gasteiger charge is -2.36. The fraction of sp³-hybridized carbons (Fsp3) is 0.500. The molecule has 0 aliphatic carbocycles. The van der Waals surface area contributed by atoms with Crippen LogP contribution in [0.5, 0.6) is 0 Å². The summed E-state index contributed by atoms with van der Waals surface area (Å²) >= 11 is 1.51. The summed E-state index contributed by atoms with van der Waals surface area (Å²) in [5.74, 6) is 1.91. The number of hydrogen-bond acceptors (Lipinski definition) is 5. The van der Waals surface area contributed by atoms with Gasteiger partial charge in [0.15, 0.2) is 5.96 Å². The maximum Gasteiger partial charge on any atom is 0.205 e. The third-order valence-corrected chi connectivity index (χ3v) is 5.22. The van der Waals surface area contributed by atoms with Gasteiger partial charge in [-0.05, 0) is 12.5 Å². The van der Waals surface area contributed by atoms with Crippen molar-refractivity contribution in [1.82, 2.24) is 19.6 Å². The molecule has 1 saturated heterocycles. The number of anilines is 1. The molecule has 0 amide bonds. The van der Waals surface area contributed by atoms with Crippen LogP contribution in [0.15, 0.2) is 29.3 Å². The Morgan fingerprint density at radius 3 is 2.52 bits per heavy atom. The largest absolute Gasteiger partial charge is 0.352 e. The maximum absolute atomic E-state index is 4.59. The van der Waals surface area contributed by atoms with Gasteiger partial charge in [-0.25, -0.2) is 4.98 Å². The van der Waals surface area contributed by atoms with Gasteiger partial charge in [0.1, 0.15) is 5.82 Å². The van der Waals surface area contributed by atoms with Gasteiger partial charge < -0.3 is 15.1 Å². The molecule has 6 nitrogen and oxygen atoms in total. The Balaban J connectivity index is 1.52. The van der Waals surface area contributed by atoms with Gasteiger partial charge in [0.2, 0.25) is 5.13 Å². The molecule has 1 aromatic carbocycles. The number of nitrogens with one attached hydrogen (secondary N) is 1. The van der Waals surface area contributed by atoms with Crippen LogP contribution in [0.4, 0.5) is 5.13 Å². The molecule has 1 N–H and O–H groups in total. The number of rotatable bonds is 4. The van der Waals surface area contributed by atoms with Gasteiger partial charge >= 0.3 is 0 Å². The molecule has 25 heavy (non-hydrogen) atoms. The molecule has 1 aliphatic rings. The van der Waals surface area contributed by atoms with E-state index in [1.165, 1.54) is 22.7 Å². The van der Waals surface area contributed by atoms with Crippen molar-refractivity contribution in [3.8, 4) is 0 Å². The maximum atomic E-state index is 4.59. The molecule has 0 unspecified atom stereocenters. The molecule has 2 aromatic rings. The smallest absolute Gasteiger partial charge is 0.205 e. The quantitative estimate of drug-likeness (QED) is 0.671. The summed E-state index contributed by atoms with van der Waals surface area (Å²) < 4.78 is 4.39. The van der Waals surface area contributed by atoms with Crippen LogP contribution in [0.25, 0.3) is 0 Å². The molecule has 1 fully saturated rings. The van der Waals surface area contributed by atoms with E-state index in [9.17, 15) is 0 Å². The van der Waals surface area contributed by atoms with Crippen LogP contribution in [0.2, 0.25) is 0 Å². The number of guanidine groups is 1. The van der Waals surface area contributed by atoms with Gasteiger partial charge in [-0.2, -0.15) is 4.37 Å². The van der Waals surface area contributed by atoms with Crippen molar-refractivity contribution in [3.63, 3.8) is 0 Å². The summed E-state index contributed by atoms with van der Waals surface area (Å²) in [6, 6.07) is 8.61. The van der Waals surface area contributed by atoms with Crippen LogP contribution in [-0.2, 0) is 13.0 Å². The molecule has 0 saturated carbocycles. The molecular weight excluding hydrogens is 332 g/mol. The van der Waals surface area contributed by atoms with E-state index in [-0.39, 0.29) is 0 Å². The summed E-state index contributed by atoms with van der Waals surface area (Å²) in [4.78, 5) is 13.7. The number of aliphatic imine (C=N–C) groups is 1. The van der Waals surface area contributed by atoms with Crippen molar-refractivity contribution in [2.75, 3.05) is 38.1 Å². The highest BCUT2D eigenvalue weighted by molar-refractivity contribution is 7.09. The highest BCUT2D eigenvalue weighted by Gasteiger charge is 2.21. The molecule has 1 aromatic heterocycles. The third kappa shape index (κ3) is 4.48. The van der Waals surface area contributed by atoms with Gasteiger partial charge in [-0.1, -0.05) is 36.8 Å². The van der Waals surface area contributed by atoms with E-state index in [2.05, 4.69) is 67.6 Å². The molecule has 0 bridgehead atoms. The van der Waals surface area contributed by atoms with Crippen molar-refractivity contribution in [3.05, 3.63) is 41.2 Å². The molecule has 3 rings (SSSR count). The van der Waals surface area contributed by atoms with Crippen molar-refractivity contribution in [1.29, 1.82) is 0 Å². The number of aryl methyl sites for hydroxylation is 2. The van der Waals surface area contributed by atoms with E-state index in [1.807, 2.05) is 7.05 Å². The average molecular weight is 359 g/mol. The zero-order valence-corrected chi connectivity index (χ0v) is 16.0. The van der Waals surface area contributed by atoms with Gasteiger partial charge in [0.25, 0.3) is 0 Å². The predicted octanol–water partition coefficient (Wildman–Crippen LogP) is 2.31. The zero-order valence-electron chi connectivity index (χ0n) is 15.2. The Hall–Kier alpha value is -2.15. The first-order valence-corrected chi connectivity index (χ1v) is 9.55. The Labute approximate surface area is 153 Å². The van der Waals surface area contributed by atoms with Crippen LogP contribution in [0.3, 0.4) is 0 Å². The fourth-order valence-electron chi connectivity index (χ4n) is 2.85. The second-order valence-corrected chi connectivity index (χ2v) is 6.94. The zero-order chi connectivity index (χ0) is 17.6. The van der Waals surface area contributed by atoms with E-state index >= 15 is 0 Å². The molecule has 0 spiro atoms. The van der Waals surface area contributed by atoms with Crippen molar-refractivity contribution in [2.45, 2.75) is 26.8 Å². The number of hydrogen-bond donors (Lipinski definition) is 1. The van der Waals surface area contributed by atoms with Gasteiger partial charge in [0, 0.05) is 57.7 Å². The van der Waals surface area contributed by atoms with E-state index < -0.39 is 0 Å².